The summed E-state index contributed by atoms with van der Waals surface area (Å²) in [5.74, 6) is 1.15. The van der Waals surface area contributed by atoms with E-state index in [1.165, 1.54) is 11.8 Å². The Morgan fingerprint density at radius 2 is 2.21 bits per heavy atom. The summed E-state index contributed by atoms with van der Waals surface area (Å²) < 4.78 is 7.41. The van der Waals surface area contributed by atoms with E-state index in [1.807, 2.05) is 47.2 Å². The topological polar surface area (TPSA) is 83.0 Å². The van der Waals surface area contributed by atoms with E-state index in [1.54, 1.807) is 18.4 Å². The minimum atomic E-state index is -0.400. The van der Waals surface area contributed by atoms with E-state index < -0.39 is 5.91 Å². The summed E-state index contributed by atoms with van der Waals surface area (Å²) in [6.07, 6.45) is 0. The van der Waals surface area contributed by atoms with Gasteiger partial charge in [-0.25, -0.2) is 0 Å². The average Bonchev–Trinajstić information content (AvgIpc) is 3.21. The molecule has 0 aliphatic heterocycles. The van der Waals surface area contributed by atoms with Crippen molar-refractivity contribution in [2.45, 2.75) is 12.1 Å². The predicted molar refractivity (Wildman–Crippen MR) is 95.9 cm³/mol. The molecule has 0 unspecified atom stereocenters. The van der Waals surface area contributed by atoms with Gasteiger partial charge in [-0.3, -0.25) is 9.36 Å². The molecule has 3 aromatic rings. The largest absolute Gasteiger partial charge is 0.495 e. The van der Waals surface area contributed by atoms with Gasteiger partial charge in [0.1, 0.15) is 5.75 Å². The Hall–Kier alpha value is -2.32. The van der Waals surface area contributed by atoms with E-state index in [4.69, 9.17) is 10.5 Å². The smallest absolute Gasteiger partial charge is 0.227 e. The molecular weight excluding hydrogens is 344 g/mol. The first-order valence-electron chi connectivity index (χ1n) is 7.15. The lowest BCUT2D eigenvalue weighted by molar-refractivity contribution is -0.115. The molecule has 0 aliphatic carbocycles. The van der Waals surface area contributed by atoms with Gasteiger partial charge in [0.15, 0.2) is 11.0 Å². The fourth-order valence-electron chi connectivity index (χ4n) is 2.26. The number of carbonyl (C=O) groups is 1. The van der Waals surface area contributed by atoms with Gasteiger partial charge < -0.3 is 10.5 Å². The highest BCUT2D eigenvalue weighted by Crippen LogP contribution is 2.34. The van der Waals surface area contributed by atoms with Crippen LogP contribution in [-0.2, 0) is 4.79 Å². The second-order valence-corrected chi connectivity index (χ2v) is 6.94. The van der Waals surface area contributed by atoms with Crippen molar-refractivity contribution in [3.05, 3.63) is 41.3 Å². The standard InChI is InChI=1S/C16H16N4O2S2/c1-10-5-6-12(22-2)11(8-10)20-15(13-4-3-7-23-13)18-19-16(20)24-9-14(17)21/h3-8H,9H2,1-2H3,(H2,17,21). The molecule has 0 spiro atoms. The number of rotatable bonds is 6. The molecule has 124 valence electrons. The first kappa shape index (κ1) is 16.5. The number of aryl methyl sites for hydroxylation is 1. The fraction of sp³-hybridized carbons (Fsp3) is 0.188. The minimum absolute atomic E-state index is 0.136. The number of thiophene rings is 1. The maximum Gasteiger partial charge on any atom is 0.227 e. The second kappa shape index (κ2) is 7.06. The van der Waals surface area contributed by atoms with Crippen molar-refractivity contribution in [3.8, 4) is 22.1 Å². The number of primary amides is 1. The van der Waals surface area contributed by atoms with Crippen LogP contribution < -0.4 is 10.5 Å². The number of thioether (sulfide) groups is 1. The molecule has 0 aliphatic rings. The summed E-state index contributed by atoms with van der Waals surface area (Å²) in [5, 5.41) is 11.1. The Balaban J connectivity index is 2.18. The summed E-state index contributed by atoms with van der Waals surface area (Å²) in [6.45, 7) is 2.01. The number of nitrogens with zero attached hydrogens (tertiary/aromatic N) is 3. The van der Waals surface area contributed by atoms with Crippen LogP contribution in [0.2, 0.25) is 0 Å². The molecule has 0 atom stereocenters. The highest BCUT2D eigenvalue weighted by atomic mass is 32.2. The van der Waals surface area contributed by atoms with Crippen LogP contribution >= 0.6 is 23.1 Å². The van der Waals surface area contributed by atoms with Gasteiger partial charge in [0.2, 0.25) is 5.91 Å². The summed E-state index contributed by atoms with van der Waals surface area (Å²) in [5.41, 5.74) is 7.19. The molecular formula is C16H16N4O2S2. The number of aromatic nitrogens is 3. The predicted octanol–water partition coefficient (Wildman–Crippen LogP) is 2.89. The van der Waals surface area contributed by atoms with E-state index in [9.17, 15) is 4.79 Å². The van der Waals surface area contributed by atoms with Crippen LogP contribution in [-0.4, -0.2) is 33.5 Å². The lowest BCUT2D eigenvalue weighted by Gasteiger charge is -2.14. The summed E-state index contributed by atoms with van der Waals surface area (Å²) in [6, 6.07) is 9.84. The van der Waals surface area contributed by atoms with Crippen molar-refractivity contribution in [2.75, 3.05) is 12.9 Å². The Labute approximate surface area is 147 Å². The molecule has 2 N–H and O–H groups in total. The molecule has 1 aromatic carbocycles. The van der Waals surface area contributed by atoms with Crippen molar-refractivity contribution < 1.29 is 9.53 Å². The fourth-order valence-corrected chi connectivity index (χ4v) is 3.64. The number of carbonyl (C=O) groups excluding carboxylic acids is 1. The number of nitrogens with two attached hydrogens (primary N) is 1. The Bertz CT molecular complexity index is 859. The number of hydrogen-bond donors (Lipinski definition) is 1. The van der Waals surface area contributed by atoms with E-state index in [0.29, 0.717) is 16.7 Å². The first-order valence-corrected chi connectivity index (χ1v) is 9.02. The van der Waals surface area contributed by atoms with Crippen molar-refractivity contribution in [3.63, 3.8) is 0 Å². The lowest BCUT2D eigenvalue weighted by atomic mass is 10.2. The molecule has 0 bridgehead atoms. The highest BCUT2D eigenvalue weighted by Gasteiger charge is 2.20. The Kier molecular flexibility index (Phi) is 4.86. The van der Waals surface area contributed by atoms with Crippen molar-refractivity contribution in [1.29, 1.82) is 0 Å². The van der Waals surface area contributed by atoms with Crippen molar-refractivity contribution in [2.24, 2.45) is 5.73 Å². The maximum absolute atomic E-state index is 11.2. The van der Waals surface area contributed by atoms with E-state index >= 15 is 0 Å². The third-order valence-corrected chi connectivity index (χ3v) is 5.11. The summed E-state index contributed by atoms with van der Waals surface area (Å²) in [7, 11) is 1.62. The van der Waals surface area contributed by atoms with Gasteiger partial charge in [-0.2, -0.15) is 0 Å². The molecule has 0 saturated carbocycles. The molecule has 8 heteroatoms. The van der Waals surface area contributed by atoms with Gasteiger partial charge in [0, 0.05) is 0 Å². The molecule has 2 heterocycles. The van der Waals surface area contributed by atoms with Gasteiger partial charge in [-0.05, 0) is 36.1 Å². The first-order chi connectivity index (χ1) is 11.6. The molecule has 24 heavy (non-hydrogen) atoms. The maximum atomic E-state index is 11.2. The Morgan fingerprint density at radius 1 is 1.38 bits per heavy atom. The van der Waals surface area contributed by atoms with Gasteiger partial charge in [0.05, 0.1) is 23.4 Å². The van der Waals surface area contributed by atoms with E-state index in [2.05, 4.69) is 10.2 Å². The Morgan fingerprint density at radius 3 is 2.88 bits per heavy atom. The highest BCUT2D eigenvalue weighted by molar-refractivity contribution is 7.99. The minimum Gasteiger partial charge on any atom is -0.495 e. The van der Waals surface area contributed by atoms with Crippen LogP contribution in [0.15, 0.2) is 40.9 Å². The second-order valence-electron chi connectivity index (χ2n) is 5.05. The SMILES string of the molecule is COc1ccc(C)cc1-n1c(SCC(N)=O)nnc1-c1cccs1. The van der Waals surface area contributed by atoms with Gasteiger partial charge in [-0.15, -0.1) is 21.5 Å². The summed E-state index contributed by atoms with van der Waals surface area (Å²) >= 11 is 2.83. The number of ether oxygens (including phenoxy) is 1. The molecule has 1 amide bonds. The number of methoxy groups -OCH3 is 1. The zero-order valence-corrected chi connectivity index (χ0v) is 14.9. The zero-order chi connectivity index (χ0) is 17.1. The number of hydrogen-bond acceptors (Lipinski definition) is 6. The summed E-state index contributed by atoms with van der Waals surface area (Å²) in [4.78, 5) is 12.1. The van der Waals surface area contributed by atoms with Crippen LogP contribution in [0.5, 0.6) is 5.75 Å². The number of benzene rings is 1. The molecule has 0 saturated heterocycles. The van der Waals surface area contributed by atoms with Gasteiger partial charge in [0.25, 0.3) is 0 Å². The third kappa shape index (κ3) is 3.29. The van der Waals surface area contributed by atoms with Crippen LogP contribution in [0.3, 0.4) is 0 Å². The van der Waals surface area contributed by atoms with Crippen LogP contribution in [0.1, 0.15) is 5.56 Å². The zero-order valence-electron chi connectivity index (χ0n) is 13.2. The monoisotopic (exact) mass is 360 g/mol. The van der Waals surface area contributed by atoms with Crippen LogP contribution in [0, 0.1) is 6.92 Å². The quantitative estimate of drug-likeness (QED) is 0.684. The van der Waals surface area contributed by atoms with Gasteiger partial charge >= 0.3 is 0 Å². The molecule has 0 fully saturated rings. The van der Waals surface area contributed by atoms with E-state index in [-0.39, 0.29) is 5.75 Å². The normalized spacial score (nSPS) is 10.8. The van der Waals surface area contributed by atoms with Crippen LogP contribution in [0.4, 0.5) is 0 Å². The average molecular weight is 360 g/mol. The van der Waals surface area contributed by atoms with Crippen molar-refractivity contribution >= 4 is 29.0 Å². The lowest BCUT2D eigenvalue weighted by Crippen LogP contribution is -2.13. The van der Waals surface area contributed by atoms with Crippen molar-refractivity contribution in [1.82, 2.24) is 14.8 Å². The van der Waals surface area contributed by atoms with E-state index in [0.717, 1.165) is 16.1 Å². The molecule has 6 nitrogen and oxygen atoms in total. The molecule has 2 aromatic heterocycles. The van der Waals surface area contributed by atoms with Crippen LogP contribution in [0.25, 0.3) is 16.4 Å². The molecule has 3 rings (SSSR count). The third-order valence-electron chi connectivity index (χ3n) is 3.29. The van der Waals surface area contributed by atoms with Gasteiger partial charge in [-0.1, -0.05) is 23.9 Å². The number of amides is 1. The molecule has 0 radical (unpaired) electrons.